The number of ether oxygens (including phenoxy) is 2. The maximum atomic E-state index is 11.7. The van der Waals surface area contributed by atoms with E-state index < -0.39 is 11.9 Å². The Balaban J connectivity index is 0.000000238. The van der Waals surface area contributed by atoms with Gasteiger partial charge < -0.3 is 32.4 Å². The Morgan fingerprint density at radius 1 is 1.29 bits per heavy atom. The number of halogens is 2. The van der Waals surface area contributed by atoms with Crippen molar-refractivity contribution in [2.75, 3.05) is 11.5 Å². The molecule has 34 heavy (non-hydrogen) atoms. The van der Waals surface area contributed by atoms with Crippen molar-refractivity contribution < 1.29 is 19.1 Å². The number of guanidine groups is 1. The van der Waals surface area contributed by atoms with E-state index in [0.717, 1.165) is 25.7 Å². The molecule has 0 spiro atoms. The quantitative estimate of drug-likeness (QED) is 0.107. The Morgan fingerprint density at radius 3 is 2.62 bits per heavy atom. The summed E-state index contributed by atoms with van der Waals surface area (Å²) >= 11 is 5.55. The van der Waals surface area contributed by atoms with Crippen molar-refractivity contribution in [2.24, 2.45) is 22.4 Å². The van der Waals surface area contributed by atoms with E-state index in [9.17, 15) is 9.59 Å². The summed E-state index contributed by atoms with van der Waals surface area (Å²) in [5, 5.41) is -0.140. The molecule has 2 fully saturated rings. The van der Waals surface area contributed by atoms with Crippen LogP contribution >= 0.6 is 24.0 Å². The smallest absolute Gasteiger partial charge is 0.334 e. The van der Waals surface area contributed by atoms with E-state index in [2.05, 4.69) is 41.5 Å². The standard InChI is InChI=1S/C15H20O3.C6H8ClN7O.ClH/c1-9-5-4-8-15(3)13(18-15)12-11(7-6-9)10(2)14(16)17-12;7-2-4(9)13-3(8)1(12-2)5(15)14-6(10)11;/h5,11-13H,2,4,6-8H2,1,3H3;(H4,8,9,13)(H4,10,11,14,15);1H. The van der Waals surface area contributed by atoms with Crippen LogP contribution in [0, 0.1) is 5.92 Å². The molecule has 4 atom stereocenters. The molecular weight excluding hydrogens is 485 g/mol. The van der Waals surface area contributed by atoms with Gasteiger partial charge in [-0.2, -0.15) is 4.99 Å². The number of aromatic nitrogens is 2. The Bertz CT molecular complexity index is 1060. The lowest BCUT2D eigenvalue weighted by atomic mass is 9.84. The Hall–Kier alpha value is -2.89. The van der Waals surface area contributed by atoms with Crippen molar-refractivity contribution in [2.45, 2.75) is 57.3 Å². The number of hydrogen-bond acceptors (Lipinski definition) is 8. The summed E-state index contributed by atoms with van der Waals surface area (Å²) in [6.07, 6.45) is 6.25. The molecule has 1 aliphatic carbocycles. The van der Waals surface area contributed by atoms with Gasteiger partial charge in [0.15, 0.2) is 28.4 Å². The second kappa shape index (κ2) is 10.6. The molecular formula is C21H29Cl2N7O4. The highest BCUT2D eigenvalue weighted by Gasteiger charge is 2.61. The van der Waals surface area contributed by atoms with Crippen LogP contribution in [0.1, 0.15) is 50.0 Å². The molecule has 3 heterocycles. The van der Waals surface area contributed by atoms with Gasteiger partial charge in [-0.1, -0.05) is 29.8 Å². The zero-order chi connectivity index (χ0) is 24.5. The summed E-state index contributed by atoms with van der Waals surface area (Å²) in [5.41, 5.74) is 22.4. The van der Waals surface area contributed by atoms with Crippen LogP contribution in [-0.2, 0) is 14.3 Å². The molecule has 1 aromatic heterocycles. The highest BCUT2D eigenvalue weighted by atomic mass is 35.5. The van der Waals surface area contributed by atoms with Crippen LogP contribution in [0.15, 0.2) is 28.8 Å². The number of nitrogens with two attached hydrogens (primary N) is 4. The van der Waals surface area contributed by atoms with Gasteiger partial charge in [-0.05, 0) is 39.5 Å². The largest absolute Gasteiger partial charge is 0.455 e. The van der Waals surface area contributed by atoms with E-state index in [1.54, 1.807) is 0 Å². The summed E-state index contributed by atoms with van der Waals surface area (Å²) in [4.78, 5) is 33.4. The maximum Gasteiger partial charge on any atom is 0.334 e. The van der Waals surface area contributed by atoms with Gasteiger partial charge in [-0.3, -0.25) is 4.79 Å². The second-order valence-electron chi connectivity index (χ2n) is 8.46. The van der Waals surface area contributed by atoms with Gasteiger partial charge in [0.2, 0.25) is 0 Å². The fraction of sp³-hybridized carbons (Fsp3) is 0.476. The first-order valence-corrected chi connectivity index (χ1v) is 10.8. The van der Waals surface area contributed by atoms with Crippen molar-refractivity contribution in [3.8, 4) is 0 Å². The van der Waals surface area contributed by atoms with Crippen LogP contribution in [0.2, 0.25) is 5.15 Å². The molecule has 8 N–H and O–H groups in total. The number of allylic oxidation sites excluding steroid dienone is 2. The van der Waals surface area contributed by atoms with Crippen molar-refractivity contribution in [1.29, 1.82) is 0 Å². The summed E-state index contributed by atoms with van der Waals surface area (Å²) in [7, 11) is 0. The second-order valence-corrected chi connectivity index (χ2v) is 8.81. The lowest BCUT2D eigenvalue weighted by Crippen LogP contribution is -2.28. The van der Waals surface area contributed by atoms with E-state index in [0.29, 0.717) is 5.57 Å². The number of anilines is 2. The zero-order valence-corrected chi connectivity index (χ0v) is 20.5. The van der Waals surface area contributed by atoms with Gasteiger partial charge >= 0.3 is 11.9 Å². The molecule has 1 aromatic rings. The minimum absolute atomic E-state index is 0. The summed E-state index contributed by atoms with van der Waals surface area (Å²) in [6.45, 7) is 8.17. The minimum atomic E-state index is -0.832. The Kier molecular flexibility index (Phi) is 8.51. The van der Waals surface area contributed by atoms with E-state index in [-0.39, 0.29) is 64.6 Å². The van der Waals surface area contributed by atoms with E-state index in [1.807, 2.05) is 0 Å². The summed E-state index contributed by atoms with van der Waals surface area (Å²) < 4.78 is 11.3. The van der Waals surface area contributed by atoms with Crippen molar-refractivity contribution >= 4 is 53.5 Å². The van der Waals surface area contributed by atoms with Gasteiger partial charge in [0.05, 0.1) is 5.60 Å². The van der Waals surface area contributed by atoms with E-state index >= 15 is 0 Å². The molecule has 0 radical (unpaired) electrons. The third-order valence-electron chi connectivity index (χ3n) is 5.91. The highest BCUT2D eigenvalue weighted by Crippen LogP contribution is 2.49. The molecule has 4 unspecified atom stereocenters. The first-order valence-electron chi connectivity index (χ1n) is 10.4. The molecule has 2 saturated heterocycles. The van der Waals surface area contributed by atoms with Gasteiger partial charge in [-0.25, -0.2) is 14.8 Å². The zero-order valence-electron chi connectivity index (χ0n) is 18.9. The number of aliphatic imine (C=N–C) groups is 1. The van der Waals surface area contributed by atoms with Crippen LogP contribution in [0.3, 0.4) is 0 Å². The number of epoxide rings is 1. The normalized spacial score (nSPS) is 27.4. The number of nitrogens with zero attached hydrogens (tertiary/aromatic N) is 3. The SMILES string of the molecule is C=C1C(=O)OC2C1CCC(C)=CCCC1(C)OC21.Cl.NC(N)=NC(=O)c1nc(Cl)c(N)nc1N. The first kappa shape index (κ1) is 27.4. The number of nitrogen functional groups attached to an aromatic ring is 2. The number of fused-ring (bicyclic) bond motifs is 3. The van der Waals surface area contributed by atoms with Crippen LogP contribution in [0.4, 0.5) is 11.6 Å². The number of amides is 1. The molecule has 0 saturated carbocycles. The summed E-state index contributed by atoms with van der Waals surface area (Å²) in [5.74, 6) is -1.60. The number of esters is 1. The van der Waals surface area contributed by atoms with Gasteiger partial charge in [0, 0.05) is 11.5 Å². The number of rotatable bonds is 1. The molecule has 186 valence electrons. The van der Waals surface area contributed by atoms with Crippen LogP contribution in [0.25, 0.3) is 0 Å². The lowest BCUT2D eigenvalue weighted by molar-refractivity contribution is -0.140. The highest BCUT2D eigenvalue weighted by molar-refractivity contribution is 6.31. The molecule has 2 aliphatic heterocycles. The average molecular weight is 514 g/mol. The average Bonchev–Trinajstić information content (AvgIpc) is 3.31. The molecule has 13 heteroatoms. The molecule has 11 nitrogen and oxygen atoms in total. The first-order chi connectivity index (χ1) is 15.4. The van der Waals surface area contributed by atoms with E-state index in [1.165, 1.54) is 5.57 Å². The molecule has 1 amide bonds. The Morgan fingerprint density at radius 2 is 1.97 bits per heavy atom. The van der Waals surface area contributed by atoms with E-state index in [4.69, 9.17) is 44.0 Å². The maximum absolute atomic E-state index is 11.7. The lowest BCUT2D eigenvalue weighted by Gasteiger charge is -2.19. The van der Waals surface area contributed by atoms with Crippen molar-refractivity contribution in [1.82, 2.24) is 9.97 Å². The Labute approximate surface area is 208 Å². The molecule has 0 bridgehead atoms. The monoisotopic (exact) mass is 513 g/mol. The number of carbonyl (C=O) groups is 2. The van der Waals surface area contributed by atoms with Crippen LogP contribution in [-0.4, -0.2) is 45.6 Å². The third kappa shape index (κ3) is 5.96. The number of hydrogen-bond donors (Lipinski definition) is 4. The van der Waals surface area contributed by atoms with Crippen LogP contribution < -0.4 is 22.9 Å². The third-order valence-corrected chi connectivity index (χ3v) is 6.19. The van der Waals surface area contributed by atoms with Gasteiger partial charge in [-0.15, -0.1) is 12.4 Å². The molecule has 4 rings (SSSR count). The van der Waals surface area contributed by atoms with Crippen molar-refractivity contribution in [3.63, 3.8) is 0 Å². The topological polar surface area (TPSA) is 198 Å². The predicted octanol–water partition coefficient (Wildman–Crippen LogP) is 1.89. The summed E-state index contributed by atoms with van der Waals surface area (Å²) in [6, 6.07) is 0. The fourth-order valence-corrected chi connectivity index (χ4v) is 4.10. The van der Waals surface area contributed by atoms with Gasteiger partial charge in [0.25, 0.3) is 0 Å². The fourth-order valence-electron chi connectivity index (χ4n) is 3.97. The minimum Gasteiger partial charge on any atom is -0.455 e. The predicted molar refractivity (Wildman–Crippen MR) is 131 cm³/mol. The van der Waals surface area contributed by atoms with Crippen molar-refractivity contribution in [3.05, 3.63) is 34.6 Å². The van der Waals surface area contributed by atoms with Crippen LogP contribution in [0.5, 0.6) is 0 Å². The molecule has 0 aromatic carbocycles. The number of carbonyl (C=O) groups excluding carboxylic acids is 2. The van der Waals surface area contributed by atoms with Gasteiger partial charge in [0.1, 0.15) is 12.2 Å². The molecule has 3 aliphatic rings.